The molecule has 24 heavy (non-hydrogen) atoms. The zero-order valence-electron chi connectivity index (χ0n) is 14.1. The fourth-order valence-corrected chi connectivity index (χ4v) is 4.01. The number of halogens is 1. The van der Waals surface area contributed by atoms with Crippen molar-refractivity contribution in [1.29, 1.82) is 0 Å². The number of nitrogens with zero attached hydrogens (tertiary/aromatic N) is 2. The van der Waals surface area contributed by atoms with E-state index in [4.69, 9.17) is 0 Å². The predicted octanol–water partition coefficient (Wildman–Crippen LogP) is 4.01. The average molecular weight is 323 g/mol. The van der Waals surface area contributed by atoms with Crippen LogP contribution in [0.1, 0.15) is 36.7 Å². The Morgan fingerprint density at radius 3 is 2.96 bits per heavy atom. The van der Waals surface area contributed by atoms with Gasteiger partial charge >= 0.3 is 0 Å². The van der Waals surface area contributed by atoms with E-state index in [2.05, 4.69) is 34.8 Å². The Morgan fingerprint density at radius 2 is 2.17 bits per heavy atom. The first-order chi connectivity index (χ1) is 11.6. The molecule has 0 saturated carbocycles. The summed E-state index contributed by atoms with van der Waals surface area (Å²) in [6, 6.07) is 9.92. The topological polar surface area (TPSA) is 29.9 Å². The Balaban J connectivity index is 1.80. The van der Waals surface area contributed by atoms with Gasteiger partial charge in [-0.2, -0.15) is 0 Å². The normalized spacial score (nSPS) is 20.3. The molecule has 2 unspecified atom stereocenters. The van der Waals surface area contributed by atoms with Crippen molar-refractivity contribution in [2.24, 2.45) is 0 Å². The largest absolute Gasteiger partial charge is 0.344 e. The lowest BCUT2D eigenvalue weighted by molar-refractivity contribution is 0.433. The van der Waals surface area contributed by atoms with Crippen molar-refractivity contribution in [3.05, 3.63) is 65.4 Å². The molecule has 3 nitrogen and oxygen atoms in total. The molecule has 3 heterocycles. The van der Waals surface area contributed by atoms with Crippen LogP contribution in [0.4, 0.5) is 4.39 Å². The maximum absolute atomic E-state index is 13.8. The quantitative estimate of drug-likeness (QED) is 0.789. The molecule has 4 heteroatoms. The highest BCUT2D eigenvalue weighted by Gasteiger charge is 2.27. The van der Waals surface area contributed by atoms with Crippen LogP contribution in [0.2, 0.25) is 0 Å². The maximum atomic E-state index is 13.8. The van der Waals surface area contributed by atoms with Gasteiger partial charge in [0.25, 0.3) is 0 Å². The molecule has 2 aromatic heterocycles. The number of pyridine rings is 1. The summed E-state index contributed by atoms with van der Waals surface area (Å²) in [5, 5.41) is 4.63. The Labute approximate surface area is 141 Å². The molecule has 0 bridgehead atoms. The van der Waals surface area contributed by atoms with Crippen LogP contribution in [-0.2, 0) is 19.4 Å². The molecule has 0 saturated heterocycles. The van der Waals surface area contributed by atoms with E-state index < -0.39 is 0 Å². The average Bonchev–Trinajstić information content (AvgIpc) is 2.86. The molecule has 0 radical (unpaired) electrons. The Morgan fingerprint density at radius 1 is 1.29 bits per heavy atom. The number of fused-ring (bicyclic) bond motifs is 3. The number of hydrogen-bond donors (Lipinski definition) is 1. The summed E-state index contributed by atoms with van der Waals surface area (Å²) < 4.78 is 16.2. The SMILES string of the molecule is CC1Cc2c(c3cc(F)ccc3n2CCc2cccnc2)C(C)N1. The molecular formula is C20H22FN3. The van der Waals surface area contributed by atoms with Gasteiger partial charge in [0.15, 0.2) is 0 Å². The summed E-state index contributed by atoms with van der Waals surface area (Å²) in [6.07, 6.45) is 5.62. The summed E-state index contributed by atoms with van der Waals surface area (Å²) >= 11 is 0. The van der Waals surface area contributed by atoms with Crippen LogP contribution in [-0.4, -0.2) is 15.6 Å². The number of rotatable bonds is 3. The van der Waals surface area contributed by atoms with Gasteiger partial charge in [-0.15, -0.1) is 0 Å². The van der Waals surface area contributed by atoms with Gasteiger partial charge in [-0.25, -0.2) is 4.39 Å². The Kier molecular flexibility index (Phi) is 3.85. The lowest BCUT2D eigenvalue weighted by Gasteiger charge is -2.28. The van der Waals surface area contributed by atoms with Crippen LogP contribution in [0.3, 0.4) is 0 Å². The molecule has 0 aliphatic carbocycles. The van der Waals surface area contributed by atoms with Crippen LogP contribution in [0, 0.1) is 5.82 Å². The number of benzene rings is 1. The molecule has 0 spiro atoms. The standard InChI is InChI=1S/C20H22FN3/c1-13-10-19-20(14(2)23-13)17-11-16(21)5-6-18(17)24(19)9-7-15-4-3-8-22-12-15/h3-6,8,11-14,23H,7,9-10H2,1-2H3. The van der Waals surface area contributed by atoms with Gasteiger partial charge in [0, 0.05) is 54.0 Å². The van der Waals surface area contributed by atoms with Gasteiger partial charge in [0.2, 0.25) is 0 Å². The summed E-state index contributed by atoms with van der Waals surface area (Å²) in [6.45, 7) is 5.27. The van der Waals surface area contributed by atoms with Crippen LogP contribution in [0.15, 0.2) is 42.7 Å². The second-order valence-electron chi connectivity index (χ2n) is 6.78. The third-order valence-electron chi connectivity index (χ3n) is 4.99. The van der Waals surface area contributed by atoms with E-state index >= 15 is 0 Å². The third kappa shape index (κ3) is 2.61. The molecular weight excluding hydrogens is 301 g/mol. The zero-order chi connectivity index (χ0) is 16.7. The van der Waals surface area contributed by atoms with Gasteiger partial charge < -0.3 is 9.88 Å². The zero-order valence-corrected chi connectivity index (χ0v) is 14.1. The van der Waals surface area contributed by atoms with Crippen molar-refractivity contribution in [1.82, 2.24) is 14.9 Å². The van der Waals surface area contributed by atoms with E-state index in [1.165, 1.54) is 16.8 Å². The number of aryl methyl sites for hydroxylation is 2. The van der Waals surface area contributed by atoms with Crippen molar-refractivity contribution in [3.63, 3.8) is 0 Å². The van der Waals surface area contributed by atoms with Gasteiger partial charge in [0.05, 0.1) is 0 Å². The minimum absolute atomic E-state index is 0.166. The first-order valence-corrected chi connectivity index (χ1v) is 8.59. The highest BCUT2D eigenvalue weighted by molar-refractivity contribution is 5.86. The molecule has 1 aliphatic rings. The van der Waals surface area contributed by atoms with Crippen LogP contribution >= 0.6 is 0 Å². The van der Waals surface area contributed by atoms with E-state index in [1.807, 2.05) is 18.3 Å². The van der Waals surface area contributed by atoms with E-state index in [9.17, 15) is 4.39 Å². The van der Waals surface area contributed by atoms with Crippen molar-refractivity contribution in [2.75, 3.05) is 0 Å². The monoisotopic (exact) mass is 323 g/mol. The molecule has 0 fully saturated rings. The van der Waals surface area contributed by atoms with Crippen LogP contribution in [0.25, 0.3) is 10.9 Å². The van der Waals surface area contributed by atoms with Crippen molar-refractivity contribution in [3.8, 4) is 0 Å². The number of aromatic nitrogens is 2. The predicted molar refractivity (Wildman–Crippen MR) is 94.6 cm³/mol. The Bertz CT molecular complexity index is 869. The van der Waals surface area contributed by atoms with Crippen molar-refractivity contribution in [2.45, 2.75) is 45.3 Å². The Hall–Kier alpha value is -2.20. The highest BCUT2D eigenvalue weighted by Crippen LogP contribution is 2.35. The summed E-state index contributed by atoms with van der Waals surface area (Å²) in [5.41, 5.74) is 4.96. The lowest BCUT2D eigenvalue weighted by atomic mass is 9.95. The maximum Gasteiger partial charge on any atom is 0.123 e. The highest BCUT2D eigenvalue weighted by atomic mass is 19.1. The molecule has 124 valence electrons. The number of nitrogens with one attached hydrogen (secondary N) is 1. The lowest BCUT2D eigenvalue weighted by Crippen LogP contribution is -2.36. The molecule has 2 atom stereocenters. The minimum atomic E-state index is -0.166. The molecule has 4 rings (SSSR count). The molecule has 0 amide bonds. The minimum Gasteiger partial charge on any atom is -0.344 e. The molecule has 1 aliphatic heterocycles. The fourth-order valence-electron chi connectivity index (χ4n) is 4.01. The molecule has 1 aromatic carbocycles. The third-order valence-corrected chi connectivity index (χ3v) is 4.99. The van der Waals surface area contributed by atoms with E-state index in [-0.39, 0.29) is 11.9 Å². The summed E-state index contributed by atoms with van der Waals surface area (Å²) in [4.78, 5) is 4.20. The van der Waals surface area contributed by atoms with E-state index in [1.54, 1.807) is 18.3 Å². The second kappa shape index (κ2) is 6.02. The number of hydrogen-bond acceptors (Lipinski definition) is 2. The van der Waals surface area contributed by atoms with Gasteiger partial charge in [-0.1, -0.05) is 6.07 Å². The first kappa shape index (κ1) is 15.3. The van der Waals surface area contributed by atoms with E-state index in [0.717, 1.165) is 30.3 Å². The molecule has 1 N–H and O–H groups in total. The van der Waals surface area contributed by atoms with E-state index in [0.29, 0.717) is 6.04 Å². The van der Waals surface area contributed by atoms with Crippen molar-refractivity contribution >= 4 is 10.9 Å². The van der Waals surface area contributed by atoms with Gasteiger partial charge in [-0.3, -0.25) is 4.98 Å². The van der Waals surface area contributed by atoms with Crippen molar-refractivity contribution < 1.29 is 4.39 Å². The molecule has 3 aromatic rings. The van der Waals surface area contributed by atoms with Gasteiger partial charge in [0.1, 0.15) is 5.82 Å². The second-order valence-corrected chi connectivity index (χ2v) is 6.78. The summed E-state index contributed by atoms with van der Waals surface area (Å²) in [5.74, 6) is -0.166. The summed E-state index contributed by atoms with van der Waals surface area (Å²) in [7, 11) is 0. The smallest absolute Gasteiger partial charge is 0.123 e. The van der Waals surface area contributed by atoms with Crippen LogP contribution in [0.5, 0.6) is 0 Å². The van der Waals surface area contributed by atoms with Gasteiger partial charge in [-0.05, 0) is 55.7 Å². The van der Waals surface area contributed by atoms with Crippen LogP contribution < -0.4 is 5.32 Å². The first-order valence-electron chi connectivity index (χ1n) is 8.59. The fraction of sp³-hybridized carbons (Fsp3) is 0.350.